The fourth-order valence-electron chi connectivity index (χ4n) is 2.93. The standard InChI is InChI=1S/C18H21N3O3/c1-23-17(22)13-4-8-16(9-5-13)24-18-20-10-14(11-21-18)12-2-6-15(19)7-3-12/h2-3,6-7,10-11,13,16H,4-5,8-9,19H2,1H3. The van der Waals surface area contributed by atoms with Crippen molar-refractivity contribution < 1.29 is 14.3 Å². The molecule has 1 aliphatic carbocycles. The Kier molecular flexibility index (Phi) is 4.93. The number of rotatable bonds is 4. The molecular formula is C18H21N3O3. The van der Waals surface area contributed by atoms with Crippen molar-refractivity contribution in [2.45, 2.75) is 31.8 Å². The van der Waals surface area contributed by atoms with Crippen LogP contribution < -0.4 is 10.5 Å². The monoisotopic (exact) mass is 327 g/mol. The SMILES string of the molecule is COC(=O)C1CCC(Oc2ncc(-c3ccc(N)cc3)cn2)CC1. The normalized spacial score (nSPS) is 20.4. The van der Waals surface area contributed by atoms with E-state index in [0.29, 0.717) is 6.01 Å². The van der Waals surface area contributed by atoms with E-state index in [0.717, 1.165) is 42.5 Å². The van der Waals surface area contributed by atoms with Gasteiger partial charge in [-0.25, -0.2) is 9.97 Å². The number of ether oxygens (including phenoxy) is 2. The van der Waals surface area contributed by atoms with E-state index in [1.807, 2.05) is 24.3 Å². The Morgan fingerprint density at radius 1 is 1.04 bits per heavy atom. The van der Waals surface area contributed by atoms with Crippen LogP contribution in [0, 0.1) is 5.92 Å². The summed E-state index contributed by atoms with van der Waals surface area (Å²) in [5, 5.41) is 0. The molecule has 0 unspecified atom stereocenters. The molecule has 0 spiro atoms. The van der Waals surface area contributed by atoms with Crippen LogP contribution in [0.25, 0.3) is 11.1 Å². The lowest BCUT2D eigenvalue weighted by Crippen LogP contribution is -2.29. The number of carbonyl (C=O) groups is 1. The van der Waals surface area contributed by atoms with Crippen LogP contribution in [-0.2, 0) is 9.53 Å². The number of benzene rings is 1. The Morgan fingerprint density at radius 2 is 1.67 bits per heavy atom. The molecule has 1 aromatic carbocycles. The highest BCUT2D eigenvalue weighted by Gasteiger charge is 2.28. The summed E-state index contributed by atoms with van der Waals surface area (Å²) in [6.45, 7) is 0. The van der Waals surface area contributed by atoms with Gasteiger partial charge in [0.2, 0.25) is 0 Å². The summed E-state index contributed by atoms with van der Waals surface area (Å²) in [5.74, 6) is -0.138. The molecule has 0 atom stereocenters. The van der Waals surface area contributed by atoms with Crippen molar-refractivity contribution in [2.24, 2.45) is 5.92 Å². The Balaban J connectivity index is 1.57. The second kappa shape index (κ2) is 7.29. The first kappa shape index (κ1) is 16.2. The first-order valence-electron chi connectivity index (χ1n) is 8.08. The number of anilines is 1. The minimum Gasteiger partial charge on any atom is -0.469 e. The highest BCUT2D eigenvalue weighted by molar-refractivity contribution is 5.72. The van der Waals surface area contributed by atoms with E-state index in [9.17, 15) is 4.79 Å². The number of hydrogen-bond donors (Lipinski definition) is 1. The number of nitrogen functional groups attached to an aromatic ring is 1. The van der Waals surface area contributed by atoms with Gasteiger partial charge in [0.1, 0.15) is 6.10 Å². The van der Waals surface area contributed by atoms with Gasteiger partial charge < -0.3 is 15.2 Å². The zero-order chi connectivity index (χ0) is 16.9. The maximum atomic E-state index is 11.5. The summed E-state index contributed by atoms with van der Waals surface area (Å²) >= 11 is 0. The Bertz CT molecular complexity index is 678. The van der Waals surface area contributed by atoms with Gasteiger partial charge in [-0.2, -0.15) is 0 Å². The van der Waals surface area contributed by atoms with Gasteiger partial charge in [-0.3, -0.25) is 4.79 Å². The van der Waals surface area contributed by atoms with Crippen molar-refractivity contribution in [3.8, 4) is 17.1 Å². The van der Waals surface area contributed by atoms with Crippen molar-refractivity contribution in [2.75, 3.05) is 12.8 Å². The van der Waals surface area contributed by atoms with Gasteiger partial charge in [-0.15, -0.1) is 0 Å². The topological polar surface area (TPSA) is 87.3 Å². The molecule has 1 aliphatic rings. The zero-order valence-electron chi connectivity index (χ0n) is 13.6. The van der Waals surface area contributed by atoms with Gasteiger partial charge in [0.25, 0.3) is 0 Å². The number of methoxy groups -OCH3 is 1. The third-order valence-electron chi connectivity index (χ3n) is 4.35. The third-order valence-corrected chi connectivity index (χ3v) is 4.35. The molecule has 0 saturated heterocycles. The molecule has 0 aliphatic heterocycles. The van der Waals surface area contributed by atoms with Crippen LogP contribution in [0.5, 0.6) is 6.01 Å². The quantitative estimate of drug-likeness (QED) is 0.686. The maximum absolute atomic E-state index is 11.5. The predicted octanol–water partition coefficient (Wildman–Crippen LogP) is 2.84. The molecule has 2 aromatic rings. The van der Waals surface area contributed by atoms with Gasteiger partial charge in [0.05, 0.1) is 13.0 Å². The van der Waals surface area contributed by atoms with Crippen LogP contribution in [0.1, 0.15) is 25.7 Å². The van der Waals surface area contributed by atoms with Gasteiger partial charge in [-0.05, 0) is 43.4 Å². The predicted molar refractivity (Wildman–Crippen MR) is 90.3 cm³/mol. The molecule has 24 heavy (non-hydrogen) atoms. The summed E-state index contributed by atoms with van der Waals surface area (Å²) in [4.78, 5) is 20.1. The van der Waals surface area contributed by atoms with Gasteiger partial charge in [0, 0.05) is 23.6 Å². The van der Waals surface area contributed by atoms with Crippen LogP contribution in [0.2, 0.25) is 0 Å². The highest BCUT2D eigenvalue weighted by atomic mass is 16.5. The van der Waals surface area contributed by atoms with Crippen LogP contribution in [-0.4, -0.2) is 29.2 Å². The molecule has 0 radical (unpaired) electrons. The molecular weight excluding hydrogens is 306 g/mol. The van der Waals surface area contributed by atoms with Crippen LogP contribution in [0.3, 0.4) is 0 Å². The molecule has 1 fully saturated rings. The van der Waals surface area contributed by atoms with Crippen LogP contribution in [0.15, 0.2) is 36.7 Å². The number of nitrogens with two attached hydrogens (primary N) is 1. The summed E-state index contributed by atoms with van der Waals surface area (Å²) in [7, 11) is 1.43. The van der Waals surface area contributed by atoms with Gasteiger partial charge in [-0.1, -0.05) is 12.1 Å². The lowest BCUT2D eigenvalue weighted by molar-refractivity contribution is -0.147. The van der Waals surface area contributed by atoms with E-state index in [2.05, 4.69) is 9.97 Å². The number of aromatic nitrogens is 2. The lowest BCUT2D eigenvalue weighted by atomic mass is 9.87. The zero-order valence-corrected chi connectivity index (χ0v) is 13.6. The number of hydrogen-bond acceptors (Lipinski definition) is 6. The Hall–Kier alpha value is -2.63. The van der Waals surface area contributed by atoms with E-state index in [1.165, 1.54) is 7.11 Å². The number of nitrogens with zero attached hydrogens (tertiary/aromatic N) is 2. The fraction of sp³-hybridized carbons (Fsp3) is 0.389. The number of carbonyl (C=O) groups excluding carboxylic acids is 1. The van der Waals surface area contributed by atoms with Crippen molar-refractivity contribution in [1.29, 1.82) is 0 Å². The van der Waals surface area contributed by atoms with E-state index in [4.69, 9.17) is 15.2 Å². The molecule has 126 valence electrons. The van der Waals surface area contributed by atoms with Crippen LogP contribution >= 0.6 is 0 Å². The summed E-state index contributed by atoms with van der Waals surface area (Å²) in [5.41, 5.74) is 8.34. The second-order valence-electron chi connectivity index (χ2n) is 5.99. The van der Waals surface area contributed by atoms with Crippen LogP contribution in [0.4, 0.5) is 5.69 Å². The first-order chi connectivity index (χ1) is 11.7. The molecule has 6 nitrogen and oxygen atoms in total. The van der Waals surface area contributed by atoms with Crippen molar-refractivity contribution in [1.82, 2.24) is 9.97 Å². The van der Waals surface area contributed by atoms with Crippen molar-refractivity contribution in [3.63, 3.8) is 0 Å². The van der Waals surface area contributed by atoms with E-state index >= 15 is 0 Å². The summed E-state index contributed by atoms with van der Waals surface area (Å²) < 4.78 is 10.6. The summed E-state index contributed by atoms with van der Waals surface area (Å²) in [6.07, 6.45) is 6.71. The fourth-order valence-corrected chi connectivity index (χ4v) is 2.93. The largest absolute Gasteiger partial charge is 0.469 e. The summed E-state index contributed by atoms with van der Waals surface area (Å²) in [6, 6.07) is 7.93. The maximum Gasteiger partial charge on any atom is 0.316 e. The van der Waals surface area contributed by atoms with E-state index < -0.39 is 0 Å². The second-order valence-corrected chi connectivity index (χ2v) is 5.99. The molecule has 3 rings (SSSR count). The molecule has 1 heterocycles. The average Bonchev–Trinajstić information content (AvgIpc) is 2.63. The van der Waals surface area contributed by atoms with E-state index in [-0.39, 0.29) is 18.0 Å². The smallest absolute Gasteiger partial charge is 0.316 e. The average molecular weight is 327 g/mol. The minimum atomic E-state index is -0.127. The first-order valence-corrected chi connectivity index (χ1v) is 8.08. The van der Waals surface area contributed by atoms with Crippen molar-refractivity contribution >= 4 is 11.7 Å². The third kappa shape index (κ3) is 3.82. The minimum absolute atomic E-state index is 0.0105. The molecule has 0 amide bonds. The van der Waals surface area contributed by atoms with E-state index in [1.54, 1.807) is 12.4 Å². The molecule has 2 N–H and O–H groups in total. The highest BCUT2D eigenvalue weighted by Crippen LogP contribution is 2.28. The molecule has 1 aromatic heterocycles. The molecule has 1 saturated carbocycles. The van der Waals surface area contributed by atoms with Gasteiger partial charge in [0.15, 0.2) is 0 Å². The Morgan fingerprint density at radius 3 is 2.25 bits per heavy atom. The van der Waals surface area contributed by atoms with Crippen molar-refractivity contribution in [3.05, 3.63) is 36.7 Å². The Labute approximate surface area is 141 Å². The lowest BCUT2D eigenvalue weighted by Gasteiger charge is -2.26. The number of esters is 1. The van der Waals surface area contributed by atoms with Gasteiger partial charge >= 0.3 is 12.0 Å². The molecule has 0 bridgehead atoms. The molecule has 6 heteroatoms.